The predicted octanol–water partition coefficient (Wildman–Crippen LogP) is 2.68. The van der Waals surface area contributed by atoms with Crippen LogP contribution in [0.25, 0.3) is 10.9 Å². The summed E-state index contributed by atoms with van der Waals surface area (Å²) in [6, 6.07) is 6.49. The lowest BCUT2D eigenvalue weighted by Crippen LogP contribution is -2.29. The largest absolute Gasteiger partial charge is 0.306 e. The van der Waals surface area contributed by atoms with Crippen molar-refractivity contribution < 1.29 is 0 Å². The van der Waals surface area contributed by atoms with E-state index in [0.29, 0.717) is 5.92 Å². The maximum Gasteiger partial charge on any atom is 0.0924 e. The molecule has 0 aliphatic carbocycles. The average molecular weight is 229 g/mol. The number of H-pyrrole nitrogens is 1. The molecule has 3 heteroatoms. The van der Waals surface area contributed by atoms with Gasteiger partial charge < -0.3 is 4.90 Å². The van der Waals surface area contributed by atoms with Crippen LogP contribution in [0.1, 0.15) is 30.0 Å². The fourth-order valence-electron chi connectivity index (χ4n) is 2.75. The number of aromatic nitrogens is 2. The van der Waals surface area contributed by atoms with E-state index in [2.05, 4.69) is 47.3 Å². The quantitative estimate of drug-likeness (QED) is 0.815. The van der Waals surface area contributed by atoms with E-state index in [1.165, 1.54) is 42.6 Å². The first-order chi connectivity index (χ1) is 8.24. The van der Waals surface area contributed by atoms with Crippen LogP contribution in [-0.2, 0) is 0 Å². The molecule has 1 saturated heterocycles. The number of nitrogens with zero attached hydrogens (tertiary/aromatic N) is 2. The topological polar surface area (TPSA) is 31.9 Å². The van der Waals surface area contributed by atoms with Crippen molar-refractivity contribution in [1.29, 1.82) is 0 Å². The van der Waals surface area contributed by atoms with Gasteiger partial charge in [0, 0.05) is 17.0 Å². The van der Waals surface area contributed by atoms with Crippen LogP contribution < -0.4 is 0 Å². The Morgan fingerprint density at radius 1 is 1.29 bits per heavy atom. The third-order valence-electron chi connectivity index (χ3n) is 3.87. The van der Waals surface area contributed by atoms with E-state index in [1.54, 1.807) is 0 Å². The summed E-state index contributed by atoms with van der Waals surface area (Å²) in [4.78, 5) is 2.40. The van der Waals surface area contributed by atoms with Gasteiger partial charge in [-0.3, -0.25) is 5.10 Å². The van der Waals surface area contributed by atoms with E-state index in [0.717, 1.165) is 5.52 Å². The van der Waals surface area contributed by atoms with E-state index in [1.807, 2.05) is 0 Å². The Balaban J connectivity index is 1.97. The first kappa shape index (κ1) is 10.8. The highest BCUT2D eigenvalue weighted by Crippen LogP contribution is 2.31. The molecule has 90 valence electrons. The molecule has 2 aromatic rings. The molecule has 1 aliphatic rings. The van der Waals surface area contributed by atoms with Gasteiger partial charge in [-0.05, 0) is 52.0 Å². The van der Waals surface area contributed by atoms with Crippen LogP contribution in [0.4, 0.5) is 0 Å². The number of nitrogens with one attached hydrogen (secondary N) is 1. The second kappa shape index (κ2) is 4.15. The Morgan fingerprint density at radius 2 is 2.06 bits per heavy atom. The van der Waals surface area contributed by atoms with Gasteiger partial charge in [-0.25, -0.2) is 0 Å². The molecule has 0 amide bonds. The van der Waals surface area contributed by atoms with Gasteiger partial charge in [-0.2, -0.15) is 5.10 Å². The highest BCUT2D eigenvalue weighted by Gasteiger charge is 2.21. The monoisotopic (exact) mass is 229 g/mol. The fourth-order valence-corrected chi connectivity index (χ4v) is 2.75. The molecule has 3 rings (SSSR count). The standard InChI is InChI=1S/C14H19N3/c1-10-3-4-13-12(9-10)14(16-15-13)11-5-7-17(2)8-6-11/h3-4,9,11H,5-8H2,1-2H3,(H,15,16). The number of hydrogen-bond donors (Lipinski definition) is 1. The first-order valence-electron chi connectivity index (χ1n) is 6.37. The van der Waals surface area contributed by atoms with E-state index < -0.39 is 0 Å². The number of hydrogen-bond acceptors (Lipinski definition) is 2. The van der Waals surface area contributed by atoms with Gasteiger partial charge in [0.1, 0.15) is 0 Å². The molecule has 1 aromatic carbocycles. The number of aromatic amines is 1. The summed E-state index contributed by atoms with van der Waals surface area (Å²) in [5.41, 5.74) is 3.76. The molecular weight excluding hydrogens is 210 g/mol. The lowest BCUT2D eigenvalue weighted by atomic mass is 9.91. The van der Waals surface area contributed by atoms with Gasteiger partial charge in [0.15, 0.2) is 0 Å². The van der Waals surface area contributed by atoms with E-state index in [-0.39, 0.29) is 0 Å². The van der Waals surface area contributed by atoms with Crippen molar-refractivity contribution in [3.05, 3.63) is 29.5 Å². The van der Waals surface area contributed by atoms with Crippen molar-refractivity contribution in [3.8, 4) is 0 Å². The van der Waals surface area contributed by atoms with E-state index in [4.69, 9.17) is 0 Å². The van der Waals surface area contributed by atoms with Gasteiger partial charge in [-0.15, -0.1) is 0 Å². The molecule has 1 N–H and O–H groups in total. The van der Waals surface area contributed by atoms with Crippen molar-refractivity contribution in [2.75, 3.05) is 20.1 Å². The molecule has 0 radical (unpaired) electrons. The van der Waals surface area contributed by atoms with Crippen LogP contribution in [0.3, 0.4) is 0 Å². The molecule has 3 nitrogen and oxygen atoms in total. The molecular formula is C14H19N3. The molecule has 0 spiro atoms. The molecule has 0 atom stereocenters. The molecule has 1 aromatic heterocycles. The lowest BCUT2D eigenvalue weighted by Gasteiger charge is -2.28. The third kappa shape index (κ3) is 1.95. The zero-order valence-electron chi connectivity index (χ0n) is 10.5. The normalized spacial score (nSPS) is 18.9. The van der Waals surface area contributed by atoms with Gasteiger partial charge in [0.25, 0.3) is 0 Å². The van der Waals surface area contributed by atoms with Crippen LogP contribution in [-0.4, -0.2) is 35.2 Å². The Bertz CT molecular complexity index is 521. The van der Waals surface area contributed by atoms with Gasteiger partial charge in [-0.1, -0.05) is 11.6 Å². The fraction of sp³-hybridized carbons (Fsp3) is 0.500. The number of likely N-dealkylation sites (tertiary alicyclic amines) is 1. The minimum atomic E-state index is 0.651. The summed E-state index contributed by atoms with van der Waals surface area (Å²) in [6.45, 7) is 4.53. The zero-order chi connectivity index (χ0) is 11.8. The summed E-state index contributed by atoms with van der Waals surface area (Å²) in [5.74, 6) is 0.651. The van der Waals surface area contributed by atoms with Crippen LogP contribution in [0, 0.1) is 6.92 Å². The first-order valence-corrected chi connectivity index (χ1v) is 6.37. The van der Waals surface area contributed by atoms with Crippen molar-refractivity contribution in [2.24, 2.45) is 0 Å². The van der Waals surface area contributed by atoms with Gasteiger partial charge >= 0.3 is 0 Å². The summed E-state index contributed by atoms with van der Waals surface area (Å²) in [6.07, 6.45) is 2.48. The Hall–Kier alpha value is -1.35. The number of fused-ring (bicyclic) bond motifs is 1. The average Bonchev–Trinajstić information content (AvgIpc) is 2.73. The number of piperidine rings is 1. The highest BCUT2D eigenvalue weighted by atomic mass is 15.1. The van der Waals surface area contributed by atoms with Crippen molar-refractivity contribution >= 4 is 10.9 Å². The Morgan fingerprint density at radius 3 is 2.82 bits per heavy atom. The maximum absolute atomic E-state index is 4.42. The molecule has 0 unspecified atom stereocenters. The summed E-state index contributed by atoms with van der Waals surface area (Å²) >= 11 is 0. The van der Waals surface area contributed by atoms with Crippen molar-refractivity contribution in [3.63, 3.8) is 0 Å². The van der Waals surface area contributed by atoms with Crippen LogP contribution >= 0.6 is 0 Å². The predicted molar refractivity (Wildman–Crippen MR) is 70.3 cm³/mol. The summed E-state index contributed by atoms with van der Waals surface area (Å²) in [7, 11) is 2.20. The van der Waals surface area contributed by atoms with Gasteiger partial charge in [0.2, 0.25) is 0 Å². The SMILES string of the molecule is Cc1ccc2n[nH]c(C3CCN(C)CC3)c2c1. The second-order valence-corrected chi connectivity index (χ2v) is 5.24. The summed E-state index contributed by atoms with van der Waals surface area (Å²) < 4.78 is 0. The van der Waals surface area contributed by atoms with Crippen LogP contribution in [0.2, 0.25) is 0 Å². The van der Waals surface area contributed by atoms with Crippen LogP contribution in [0.5, 0.6) is 0 Å². The number of benzene rings is 1. The number of rotatable bonds is 1. The molecule has 1 fully saturated rings. The minimum absolute atomic E-state index is 0.651. The second-order valence-electron chi connectivity index (χ2n) is 5.24. The highest BCUT2D eigenvalue weighted by molar-refractivity contribution is 5.82. The summed E-state index contributed by atoms with van der Waals surface area (Å²) in [5, 5.41) is 8.99. The van der Waals surface area contributed by atoms with E-state index >= 15 is 0 Å². The zero-order valence-corrected chi connectivity index (χ0v) is 10.5. The minimum Gasteiger partial charge on any atom is -0.306 e. The molecule has 0 saturated carbocycles. The molecule has 0 bridgehead atoms. The lowest BCUT2D eigenvalue weighted by molar-refractivity contribution is 0.254. The maximum atomic E-state index is 4.42. The van der Waals surface area contributed by atoms with Crippen molar-refractivity contribution in [1.82, 2.24) is 15.1 Å². The Kier molecular flexibility index (Phi) is 2.63. The third-order valence-corrected chi connectivity index (χ3v) is 3.87. The molecule has 2 heterocycles. The smallest absolute Gasteiger partial charge is 0.0924 e. The van der Waals surface area contributed by atoms with Crippen LogP contribution in [0.15, 0.2) is 18.2 Å². The van der Waals surface area contributed by atoms with E-state index in [9.17, 15) is 0 Å². The molecule has 1 aliphatic heterocycles. The number of aryl methyl sites for hydroxylation is 1. The van der Waals surface area contributed by atoms with Crippen molar-refractivity contribution in [2.45, 2.75) is 25.7 Å². The molecule has 17 heavy (non-hydrogen) atoms. The van der Waals surface area contributed by atoms with Gasteiger partial charge in [0.05, 0.1) is 5.52 Å². The Labute approximate surface area is 102 Å².